The van der Waals surface area contributed by atoms with Crippen LogP contribution in [0.3, 0.4) is 0 Å². The maximum atomic E-state index is 10.8. The van der Waals surface area contributed by atoms with Crippen molar-refractivity contribution in [3.63, 3.8) is 0 Å². The molecule has 0 saturated carbocycles. The van der Waals surface area contributed by atoms with Crippen LogP contribution in [0.25, 0.3) is 0 Å². The summed E-state index contributed by atoms with van der Waals surface area (Å²) < 4.78 is 0. The van der Waals surface area contributed by atoms with E-state index in [4.69, 9.17) is 15.3 Å². The topological polar surface area (TPSA) is 98.1 Å². The fourth-order valence-electron chi connectivity index (χ4n) is 0.432. The number of nitrogens with zero attached hydrogens (tertiary/aromatic N) is 1. The molecule has 0 unspecified atom stereocenters. The van der Waals surface area contributed by atoms with Gasteiger partial charge in [-0.25, -0.2) is 4.79 Å². The summed E-state index contributed by atoms with van der Waals surface area (Å²) in [6.07, 6.45) is 1.37. The van der Waals surface area contributed by atoms with Crippen molar-refractivity contribution in [1.82, 2.24) is 4.90 Å². The Kier molecular flexibility index (Phi) is 4.66. The van der Waals surface area contributed by atoms with Gasteiger partial charge in [-0.05, 0) is 0 Å². The quantitative estimate of drug-likeness (QED) is 0.351. The highest BCUT2D eigenvalue weighted by atomic mass is 16.4. The second-order valence-corrected chi connectivity index (χ2v) is 1.83. The number of hydrogen-bond acceptors (Lipinski definition) is 4. The van der Waals surface area contributed by atoms with Gasteiger partial charge in [0, 0.05) is 12.2 Å². The summed E-state index contributed by atoms with van der Waals surface area (Å²) in [6, 6.07) is 0. The van der Waals surface area contributed by atoms with Crippen LogP contribution in [0, 0.1) is 0 Å². The van der Waals surface area contributed by atoms with Crippen molar-refractivity contribution in [3.05, 3.63) is 12.2 Å². The van der Waals surface area contributed by atoms with E-state index >= 15 is 0 Å². The third kappa shape index (κ3) is 3.69. The first-order chi connectivity index (χ1) is 5.61. The van der Waals surface area contributed by atoms with Crippen LogP contribution >= 0.6 is 0 Å². The zero-order valence-corrected chi connectivity index (χ0v) is 6.17. The maximum Gasteiger partial charge on any atom is 0.328 e. The molecule has 0 aliphatic carbocycles. The molecule has 0 aromatic carbocycles. The van der Waals surface area contributed by atoms with Crippen molar-refractivity contribution >= 4 is 11.9 Å². The number of carbonyl (C=O) groups is 2. The number of carbonyl (C=O) groups excluding carboxylic acids is 1. The van der Waals surface area contributed by atoms with Crippen LogP contribution in [0.15, 0.2) is 12.2 Å². The minimum absolute atomic E-state index is 0.626. The van der Waals surface area contributed by atoms with Gasteiger partial charge in [-0.1, -0.05) is 0 Å². The Hall–Kier alpha value is -1.40. The summed E-state index contributed by atoms with van der Waals surface area (Å²) in [7, 11) is 0. The third-order valence-electron chi connectivity index (χ3n) is 1.02. The Bertz CT molecular complexity index is 196. The van der Waals surface area contributed by atoms with E-state index in [0.717, 1.165) is 6.08 Å². The van der Waals surface area contributed by atoms with Crippen molar-refractivity contribution in [2.75, 3.05) is 13.5 Å². The van der Waals surface area contributed by atoms with Crippen molar-refractivity contribution in [1.29, 1.82) is 0 Å². The van der Waals surface area contributed by atoms with Gasteiger partial charge in [-0.3, -0.25) is 9.69 Å². The molecular formula is C6H9NO5. The zero-order valence-electron chi connectivity index (χ0n) is 6.17. The summed E-state index contributed by atoms with van der Waals surface area (Å²) in [5, 5.41) is 25.0. The summed E-state index contributed by atoms with van der Waals surface area (Å²) in [5.74, 6) is -2.03. The molecule has 3 N–H and O–H groups in total. The van der Waals surface area contributed by atoms with E-state index in [9.17, 15) is 9.59 Å². The molecule has 0 heterocycles. The third-order valence-corrected chi connectivity index (χ3v) is 1.02. The highest BCUT2D eigenvalue weighted by molar-refractivity contribution is 5.93. The molecule has 0 atom stereocenters. The molecule has 0 fully saturated rings. The number of aliphatic hydroxyl groups is 2. The average Bonchev–Trinajstić information content (AvgIpc) is 2.03. The molecule has 0 radical (unpaired) electrons. The van der Waals surface area contributed by atoms with Crippen LogP contribution in [0.4, 0.5) is 0 Å². The molecule has 0 saturated heterocycles. The molecule has 1 amide bonds. The number of aliphatic hydroxyl groups excluding tert-OH is 2. The van der Waals surface area contributed by atoms with Gasteiger partial charge >= 0.3 is 5.97 Å². The van der Waals surface area contributed by atoms with Gasteiger partial charge in [-0.15, -0.1) is 0 Å². The van der Waals surface area contributed by atoms with Gasteiger partial charge in [0.15, 0.2) is 0 Å². The molecule has 68 valence electrons. The van der Waals surface area contributed by atoms with Gasteiger partial charge in [-0.2, -0.15) is 0 Å². The van der Waals surface area contributed by atoms with Crippen molar-refractivity contribution in [2.45, 2.75) is 0 Å². The van der Waals surface area contributed by atoms with E-state index in [-0.39, 0.29) is 0 Å². The molecule has 0 rings (SSSR count). The van der Waals surface area contributed by atoms with Crippen molar-refractivity contribution < 1.29 is 24.9 Å². The predicted octanol–water partition coefficient (Wildman–Crippen LogP) is -1.64. The average molecular weight is 175 g/mol. The monoisotopic (exact) mass is 175 g/mol. The second-order valence-electron chi connectivity index (χ2n) is 1.83. The summed E-state index contributed by atoms with van der Waals surface area (Å²) in [6.45, 7) is -1.31. The lowest BCUT2D eigenvalue weighted by Gasteiger charge is -2.13. The molecule has 0 aliphatic rings. The molecule has 6 heteroatoms. The fraction of sp³-hybridized carbons (Fsp3) is 0.333. The SMILES string of the molecule is O=C(O)/C=C\C(=O)N(CO)CO. The van der Waals surface area contributed by atoms with Gasteiger partial charge in [0.25, 0.3) is 0 Å². The van der Waals surface area contributed by atoms with Crippen molar-refractivity contribution in [3.8, 4) is 0 Å². The lowest BCUT2D eigenvalue weighted by molar-refractivity contribution is -0.135. The smallest absolute Gasteiger partial charge is 0.328 e. The molecule has 0 aliphatic heterocycles. The Labute approximate surface area is 68.3 Å². The van der Waals surface area contributed by atoms with Crippen LogP contribution in [0.5, 0.6) is 0 Å². The largest absolute Gasteiger partial charge is 0.478 e. The molecule has 12 heavy (non-hydrogen) atoms. The Morgan fingerprint density at radius 2 is 1.67 bits per heavy atom. The number of hydrogen-bond donors (Lipinski definition) is 3. The van der Waals surface area contributed by atoms with E-state index in [0.29, 0.717) is 11.0 Å². The molecule has 6 nitrogen and oxygen atoms in total. The normalized spacial score (nSPS) is 10.2. The predicted molar refractivity (Wildman–Crippen MR) is 37.8 cm³/mol. The number of carboxylic acids is 1. The molecule has 0 aromatic heterocycles. The van der Waals surface area contributed by atoms with Gasteiger partial charge in [0.05, 0.1) is 0 Å². The second kappa shape index (κ2) is 5.28. The van der Waals surface area contributed by atoms with E-state index in [1.54, 1.807) is 0 Å². The number of amides is 1. The fourth-order valence-corrected chi connectivity index (χ4v) is 0.432. The van der Waals surface area contributed by atoms with Gasteiger partial charge in [0.2, 0.25) is 5.91 Å². The van der Waals surface area contributed by atoms with Crippen LogP contribution in [0.1, 0.15) is 0 Å². The van der Waals surface area contributed by atoms with Gasteiger partial charge in [0.1, 0.15) is 13.5 Å². The minimum atomic E-state index is -1.26. The number of aliphatic carboxylic acids is 1. The lowest BCUT2D eigenvalue weighted by atomic mass is 10.4. The van der Waals surface area contributed by atoms with Gasteiger partial charge < -0.3 is 15.3 Å². The first-order valence-corrected chi connectivity index (χ1v) is 3.03. The Morgan fingerprint density at radius 1 is 1.17 bits per heavy atom. The zero-order chi connectivity index (χ0) is 9.56. The van der Waals surface area contributed by atoms with E-state index in [2.05, 4.69) is 0 Å². The number of carboxylic acid groups (broad SMARTS) is 1. The number of rotatable bonds is 4. The minimum Gasteiger partial charge on any atom is -0.478 e. The summed E-state index contributed by atoms with van der Waals surface area (Å²) >= 11 is 0. The Morgan fingerprint density at radius 3 is 2.00 bits per heavy atom. The summed E-state index contributed by atoms with van der Waals surface area (Å²) in [5.41, 5.74) is 0. The summed E-state index contributed by atoms with van der Waals surface area (Å²) in [4.78, 5) is 21.3. The Balaban J connectivity index is 4.10. The molecule has 0 spiro atoms. The van der Waals surface area contributed by atoms with Crippen LogP contribution in [0.2, 0.25) is 0 Å². The van der Waals surface area contributed by atoms with E-state index in [1.165, 1.54) is 0 Å². The van der Waals surface area contributed by atoms with E-state index < -0.39 is 25.3 Å². The molecular weight excluding hydrogens is 166 g/mol. The van der Waals surface area contributed by atoms with Crippen LogP contribution in [-0.2, 0) is 9.59 Å². The van der Waals surface area contributed by atoms with Crippen LogP contribution in [-0.4, -0.2) is 45.6 Å². The first kappa shape index (κ1) is 10.6. The van der Waals surface area contributed by atoms with Crippen molar-refractivity contribution in [2.24, 2.45) is 0 Å². The lowest BCUT2D eigenvalue weighted by Crippen LogP contribution is -2.31. The van der Waals surface area contributed by atoms with E-state index in [1.807, 2.05) is 0 Å². The maximum absolute atomic E-state index is 10.8. The molecule has 0 bridgehead atoms. The highest BCUT2D eigenvalue weighted by Crippen LogP contribution is 1.87. The molecule has 0 aromatic rings. The first-order valence-electron chi connectivity index (χ1n) is 3.03. The standard InChI is InChI=1S/C6H9NO5/c8-3-7(4-9)5(10)1-2-6(11)12/h1-2,8-9H,3-4H2,(H,11,12)/b2-1-. The highest BCUT2D eigenvalue weighted by Gasteiger charge is 2.06. The van der Waals surface area contributed by atoms with Crippen LogP contribution < -0.4 is 0 Å².